The van der Waals surface area contributed by atoms with Crippen LogP contribution in [0, 0.1) is 0 Å². The number of hydrogen-bond acceptors (Lipinski definition) is 7. The standard InChI is InChI=1S/C22H23N5O4S/c1-3-16-4-10-19(11-5-16)32(28,29)23-14-15-31-21-13-12-20-24-25-22(27(20)26-21)17-6-8-18(30-2)9-7-17/h4-13,23H,3,14-15H2,1-2H3. The second kappa shape index (κ2) is 9.33. The van der Waals surface area contributed by atoms with E-state index in [-0.39, 0.29) is 18.0 Å². The molecule has 0 atom stereocenters. The van der Waals surface area contributed by atoms with Crippen molar-refractivity contribution in [2.24, 2.45) is 0 Å². The molecule has 2 heterocycles. The van der Waals surface area contributed by atoms with Gasteiger partial charge in [-0.3, -0.25) is 0 Å². The van der Waals surface area contributed by atoms with E-state index in [0.29, 0.717) is 17.4 Å². The zero-order valence-electron chi connectivity index (χ0n) is 17.7. The molecule has 4 rings (SSSR count). The first-order chi connectivity index (χ1) is 15.5. The van der Waals surface area contributed by atoms with Gasteiger partial charge in [-0.2, -0.15) is 4.52 Å². The molecule has 0 spiro atoms. The van der Waals surface area contributed by atoms with Gasteiger partial charge in [0.15, 0.2) is 11.5 Å². The van der Waals surface area contributed by atoms with Crippen molar-refractivity contribution >= 4 is 15.7 Å². The summed E-state index contributed by atoms with van der Waals surface area (Å²) < 4.78 is 39.8. The molecule has 10 heteroatoms. The van der Waals surface area contributed by atoms with E-state index in [9.17, 15) is 8.42 Å². The number of nitrogens with zero attached hydrogens (tertiary/aromatic N) is 4. The van der Waals surface area contributed by atoms with Crippen LogP contribution >= 0.6 is 0 Å². The molecule has 0 fully saturated rings. The smallest absolute Gasteiger partial charge is 0.240 e. The predicted molar refractivity (Wildman–Crippen MR) is 119 cm³/mol. The van der Waals surface area contributed by atoms with Gasteiger partial charge in [-0.15, -0.1) is 15.3 Å². The molecule has 0 bridgehead atoms. The van der Waals surface area contributed by atoms with Crippen molar-refractivity contribution < 1.29 is 17.9 Å². The Kier molecular flexibility index (Phi) is 6.33. The Hall–Kier alpha value is -3.50. The number of rotatable bonds is 9. The Morgan fingerprint density at radius 1 is 0.969 bits per heavy atom. The molecule has 2 aromatic carbocycles. The maximum atomic E-state index is 12.4. The number of hydrogen-bond donors (Lipinski definition) is 1. The molecule has 166 valence electrons. The molecule has 0 radical (unpaired) electrons. The fraction of sp³-hybridized carbons (Fsp3) is 0.227. The number of sulfonamides is 1. The van der Waals surface area contributed by atoms with Crippen LogP contribution in [0.2, 0.25) is 0 Å². The van der Waals surface area contributed by atoms with E-state index < -0.39 is 10.0 Å². The summed E-state index contributed by atoms with van der Waals surface area (Å²) in [4.78, 5) is 0.225. The highest BCUT2D eigenvalue weighted by atomic mass is 32.2. The van der Waals surface area contributed by atoms with E-state index >= 15 is 0 Å². The van der Waals surface area contributed by atoms with Gasteiger partial charge in [-0.25, -0.2) is 13.1 Å². The molecule has 2 aromatic heterocycles. The van der Waals surface area contributed by atoms with E-state index in [4.69, 9.17) is 9.47 Å². The van der Waals surface area contributed by atoms with E-state index in [2.05, 4.69) is 20.0 Å². The van der Waals surface area contributed by atoms with Crippen molar-refractivity contribution in [3.63, 3.8) is 0 Å². The second-order valence-electron chi connectivity index (χ2n) is 6.94. The summed E-state index contributed by atoms with van der Waals surface area (Å²) in [5.74, 6) is 1.63. The molecular weight excluding hydrogens is 430 g/mol. The fourth-order valence-corrected chi connectivity index (χ4v) is 4.10. The average Bonchev–Trinajstić information content (AvgIpc) is 3.25. The maximum absolute atomic E-state index is 12.4. The molecule has 0 unspecified atom stereocenters. The third-order valence-corrected chi connectivity index (χ3v) is 6.35. The third kappa shape index (κ3) is 4.71. The second-order valence-corrected chi connectivity index (χ2v) is 8.70. The fourth-order valence-electron chi connectivity index (χ4n) is 3.09. The first kappa shape index (κ1) is 21.7. The van der Waals surface area contributed by atoms with Gasteiger partial charge in [-0.1, -0.05) is 19.1 Å². The van der Waals surface area contributed by atoms with Crippen molar-refractivity contribution in [3.05, 3.63) is 66.2 Å². The quantitative estimate of drug-likeness (QED) is 0.388. The summed E-state index contributed by atoms with van der Waals surface area (Å²) in [6, 6.07) is 17.6. The lowest BCUT2D eigenvalue weighted by atomic mass is 10.2. The number of aromatic nitrogens is 4. The Labute approximate surface area is 186 Å². The minimum absolute atomic E-state index is 0.102. The van der Waals surface area contributed by atoms with Crippen LogP contribution in [0.5, 0.6) is 11.6 Å². The van der Waals surface area contributed by atoms with Gasteiger partial charge in [-0.05, 0) is 54.4 Å². The van der Waals surface area contributed by atoms with Crippen LogP contribution in [0.15, 0.2) is 65.6 Å². The van der Waals surface area contributed by atoms with Crippen molar-refractivity contribution in [2.75, 3.05) is 20.3 Å². The van der Waals surface area contributed by atoms with E-state index in [1.807, 2.05) is 43.3 Å². The van der Waals surface area contributed by atoms with Crippen LogP contribution in [0.1, 0.15) is 12.5 Å². The first-order valence-corrected chi connectivity index (χ1v) is 11.6. The van der Waals surface area contributed by atoms with Gasteiger partial charge < -0.3 is 9.47 Å². The molecule has 0 saturated heterocycles. The van der Waals surface area contributed by atoms with Crippen molar-refractivity contribution in [1.29, 1.82) is 0 Å². The SMILES string of the molecule is CCc1ccc(S(=O)(=O)NCCOc2ccc3nnc(-c4ccc(OC)cc4)n3n2)cc1. The maximum Gasteiger partial charge on any atom is 0.240 e. The molecule has 4 aromatic rings. The number of nitrogens with one attached hydrogen (secondary N) is 1. The molecule has 0 saturated carbocycles. The van der Waals surface area contributed by atoms with Crippen LogP contribution < -0.4 is 14.2 Å². The Bertz CT molecular complexity index is 1300. The number of methoxy groups -OCH3 is 1. The molecule has 0 aliphatic rings. The third-order valence-electron chi connectivity index (χ3n) is 4.87. The van der Waals surface area contributed by atoms with Crippen LogP contribution in [-0.2, 0) is 16.4 Å². The number of benzene rings is 2. The Balaban J connectivity index is 1.41. The summed E-state index contributed by atoms with van der Waals surface area (Å²) in [6.45, 7) is 2.24. The number of aryl methyl sites for hydroxylation is 1. The van der Waals surface area contributed by atoms with Crippen LogP contribution in [-0.4, -0.2) is 48.5 Å². The minimum Gasteiger partial charge on any atom is -0.497 e. The van der Waals surface area contributed by atoms with Crippen LogP contribution in [0.4, 0.5) is 0 Å². The number of fused-ring (bicyclic) bond motifs is 1. The normalized spacial score (nSPS) is 11.6. The molecule has 1 N–H and O–H groups in total. The zero-order valence-corrected chi connectivity index (χ0v) is 18.5. The van der Waals surface area contributed by atoms with E-state index in [1.54, 1.807) is 35.9 Å². The van der Waals surface area contributed by atoms with Crippen molar-refractivity contribution in [1.82, 2.24) is 24.5 Å². The number of ether oxygens (including phenoxy) is 2. The van der Waals surface area contributed by atoms with Crippen LogP contribution in [0.3, 0.4) is 0 Å². The highest BCUT2D eigenvalue weighted by molar-refractivity contribution is 7.89. The molecular formula is C22H23N5O4S. The summed E-state index contributed by atoms with van der Waals surface area (Å²) in [5, 5.41) is 12.8. The van der Waals surface area contributed by atoms with Crippen molar-refractivity contribution in [2.45, 2.75) is 18.2 Å². The first-order valence-electron chi connectivity index (χ1n) is 10.1. The zero-order chi connectivity index (χ0) is 22.6. The van der Waals surface area contributed by atoms with Gasteiger partial charge in [0.25, 0.3) is 0 Å². The Morgan fingerprint density at radius 3 is 2.41 bits per heavy atom. The summed E-state index contributed by atoms with van der Waals surface area (Å²) in [7, 11) is -1.99. The predicted octanol–water partition coefficient (Wildman–Crippen LogP) is 2.72. The lowest BCUT2D eigenvalue weighted by Gasteiger charge is -2.09. The highest BCUT2D eigenvalue weighted by Gasteiger charge is 2.14. The van der Waals surface area contributed by atoms with Gasteiger partial charge in [0, 0.05) is 18.2 Å². The minimum atomic E-state index is -3.60. The lowest BCUT2D eigenvalue weighted by Crippen LogP contribution is -2.28. The van der Waals surface area contributed by atoms with Gasteiger partial charge in [0.05, 0.1) is 12.0 Å². The summed E-state index contributed by atoms with van der Waals surface area (Å²) >= 11 is 0. The van der Waals surface area contributed by atoms with Crippen LogP contribution in [0.25, 0.3) is 17.0 Å². The molecule has 9 nitrogen and oxygen atoms in total. The average molecular weight is 454 g/mol. The lowest BCUT2D eigenvalue weighted by molar-refractivity contribution is 0.306. The Morgan fingerprint density at radius 2 is 1.72 bits per heavy atom. The molecule has 0 aliphatic carbocycles. The summed E-state index contributed by atoms with van der Waals surface area (Å²) in [6.07, 6.45) is 0.853. The molecule has 0 aliphatic heterocycles. The topological polar surface area (TPSA) is 108 Å². The monoisotopic (exact) mass is 453 g/mol. The molecule has 32 heavy (non-hydrogen) atoms. The highest BCUT2D eigenvalue weighted by Crippen LogP contribution is 2.21. The van der Waals surface area contributed by atoms with E-state index in [0.717, 1.165) is 23.3 Å². The summed E-state index contributed by atoms with van der Waals surface area (Å²) in [5.41, 5.74) is 2.47. The van der Waals surface area contributed by atoms with Gasteiger partial charge in [0.2, 0.25) is 15.9 Å². The van der Waals surface area contributed by atoms with Gasteiger partial charge >= 0.3 is 0 Å². The molecule has 0 amide bonds. The van der Waals surface area contributed by atoms with Crippen molar-refractivity contribution in [3.8, 4) is 23.0 Å². The largest absolute Gasteiger partial charge is 0.497 e. The van der Waals surface area contributed by atoms with E-state index in [1.165, 1.54) is 0 Å². The van der Waals surface area contributed by atoms with Gasteiger partial charge in [0.1, 0.15) is 12.4 Å².